The number of nitrogens with one attached hydrogen (secondary N) is 2. The number of hydrogen-bond donors (Lipinski definition) is 2. The highest BCUT2D eigenvalue weighted by molar-refractivity contribution is 7.17. The molecule has 0 saturated carbocycles. The molecule has 0 aliphatic heterocycles. The van der Waals surface area contributed by atoms with Crippen LogP contribution in [0.4, 0.5) is 5.00 Å². The van der Waals surface area contributed by atoms with Crippen molar-refractivity contribution in [3.8, 4) is 11.5 Å². The van der Waals surface area contributed by atoms with Gasteiger partial charge in [-0.3, -0.25) is 9.59 Å². The Morgan fingerprint density at radius 3 is 2.60 bits per heavy atom. The monoisotopic (exact) mass is 432 g/mol. The van der Waals surface area contributed by atoms with Crippen molar-refractivity contribution in [2.45, 2.75) is 32.1 Å². The average Bonchev–Trinajstić information content (AvgIpc) is 3.13. The molecule has 0 unspecified atom stereocenters. The molecule has 2 aromatic rings. The van der Waals surface area contributed by atoms with Crippen LogP contribution in [0.1, 0.15) is 50.4 Å². The fourth-order valence-electron chi connectivity index (χ4n) is 3.56. The van der Waals surface area contributed by atoms with E-state index in [0.29, 0.717) is 40.8 Å². The SMILES string of the molecule is COCCCNC(=O)c1c(NC(=O)c2cc(OC)ccc2OC)sc2c1CCCC2. The predicted molar refractivity (Wildman–Crippen MR) is 117 cm³/mol. The van der Waals surface area contributed by atoms with Crippen LogP contribution in [0.15, 0.2) is 18.2 Å². The molecule has 0 fully saturated rings. The van der Waals surface area contributed by atoms with Crippen molar-refractivity contribution in [2.75, 3.05) is 39.8 Å². The van der Waals surface area contributed by atoms with Crippen molar-refractivity contribution in [2.24, 2.45) is 0 Å². The zero-order valence-corrected chi connectivity index (χ0v) is 18.4. The number of hydrogen-bond acceptors (Lipinski definition) is 6. The second kappa shape index (κ2) is 10.4. The zero-order valence-electron chi connectivity index (χ0n) is 17.6. The lowest BCUT2D eigenvalue weighted by Gasteiger charge is -2.14. The summed E-state index contributed by atoms with van der Waals surface area (Å²) in [6.07, 6.45) is 4.66. The third-order valence-electron chi connectivity index (χ3n) is 5.09. The topological polar surface area (TPSA) is 85.9 Å². The molecule has 2 N–H and O–H groups in total. The van der Waals surface area contributed by atoms with Crippen molar-refractivity contribution < 1.29 is 23.8 Å². The summed E-state index contributed by atoms with van der Waals surface area (Å²) in [5, 5.41) is 6.49. The van der Waals surface area contributed by atoms with Gasteiger partial charge in [0.2, 0.25) is 0 Å². The van der Waals surface area contributed by atoms with Crippen LogP contribution in [0.5, 0.6) is 11.5 Å². The van der Waals surface area contributed by atoms with Crippen LogP contribution in [-0.4, -0.2) is 46.3 Å². The van der Waals surface area contributed by atoms with Gasteiger partial charge in [-0.05, 0) is 55.9 Å². The van der Waals surface area contributed by atoms with Crippen LogP contribution in [-0.2, 0) is 17.6 Å². The van der Waals surface area contributed by atoms with E-state index in [1.54, 1.807) is 32.4 Å². The minimum atomic E-state index is -0.335. The van der Waals surface area contributed by atoms with Crippen LogP contribution in [0, 0.1) is 0 Å². The first-order chi connectivity index (χ1) is 14.6. The Morgan fingerprint density at radius 2 is 1.87 bits per heavy atom. The molecule has 1 heterocycles. The van der Waals surface area contributed by atoms with E-state index in [1.807, 2.05) is 0 Å². The molecule has 0 atom stereocenters. The van der Waals surface area contributed by atoms with E-state index >= 15 is 0 Å². The number of fused-ring (bicyclic) bond motifs is 1. The standard InChI is InChI=1S/C22H28N2O5S/c1-27-12-6-11-23-21(26)19-15-7-4-5-8-18(15)30-22(19)24-20(25)16-13-14(28-2)9-10-17(16)29-3/h9-10,13H,4-8,11-12H2,1-3H3,(H,23,26)(H,24,25). The maximum absolute atomic E-state index is 13.1. The Morgan fingerprint density at radius 1 is 1.07 bits per heavy atom. The van der Waals surface area contributed by atoms with Gasteiger partial charge in [-0.15, -0.1) is 11.3 Å². The molecule has 162 valence electrons. The van der Waals surface area contributed by atoms with Gasteiger partial charge in [0.25, 0.3) is 11.8 Å². The van der Waals surface area contributed by atoms with Gasteiger partial charge in [0.15, 0.2) is 0 Å². The smallest absolute Gasteiger partial charge is 0.260 e. The Labute approximate surface area is 180 Å². The zero-order chi connectivity index (χ0) is 21.5. The lowest BCUT2D eigenvalue weighted by atomic mass is 9.95. The normalized spacial score (nSPS) is 12.8. The molecule has 0 bridgehead atoms. The number of ether oxygens (including phenoxy) is 3. The van der Waals surface area contributed by atoms with Gasteiger partial charge < -0.3 is 24.8 Å². The molecule has 0 spiro atoms. The first-order valence-corrected chi connectivity index (χ1v) is 10.9. The highest BCUT2D eigenvalue weighted by Crippen LogP contribution is 2.38. The molecule has 1 aliphatic carbocycles. The van der Waals surface area contributed by atoms with Crippen LogP contribution in [0.2, 0.25) is 0 Å². The molecule has 2 amide bonds. The number of thiophene rings is 1. The minimum absolute atomic E-state index is 0.154. The van der Waals surface area contributed by atoms with Crippen molar-refractivity contribution in [3.05, 3.63) is 39.8 Å². The van der Waals surface area contributed by atoms with Gasteiger partial charge in [0, 0.05) is 25.1 Å². The van der Waals surface area contributed by atoms with Crippen molar-refractivity contribution in [1.29, 1.82) is 0 Å². The van der Waals surface area contributed by atoms with Crippen molar-refractivity contribution in [3.63, 3.8) is 0 Å². The maximum Gasteiger partial charge on any atom is 0.260 e. The second-order valence-electron chi connectivity index (χ2n) is 7.04. The Hall–Kier alpha value is -2.58. The summed E-state index contributed by atoms with van der Waals surface area (Å²) in [6.45, 7) is 1.11. The Balaban J connectivity index is 1.87. The molecule has 1 aliphatic rings. The van der Waals surface area contributed by atoms with Gasteiger partial charge in [0.05, 0.1) is 25.3 Å². The molecule has 3 rings (SSSR count). The van der Waals surface area contributed by atoms with Gasteiger partial charge in [-0.1, -0.05) is 0 Å². The van der Waals surface area contributed by atoms with E-state index in [9.17, 15) is 9.59 Å². The van der Waals surface area contributed by atoms with Gasteiger partial charge in [-0.2, -0.15) is 0 Å². The fourth-order valence-corrected chi connectivity index (χ4v) is 4.84. The number of carbonyl (C=O) groups excluding carboxylic acids is 2. The summed E-state index contributed by atoms with van der Waals surface area (Å²) < 4.78 is 15.6. The van der Waals surface area contributed by atoms with E-state index in [2.05, 4.69) is 10.6 Å². The highest BCUT2D eigenvalue weighted by atomic mass is 32.1. The van der Waals surface area contributed by atoms with E-state index in [1.165, 1.54) is 23.3 Å². The van der Waals surface area contributed by atoms with Gasteiger partial charge in [-0.25, -0.2) is 0 Å². The number of carbonyl (C=O) groups is 2. The molecule has 7 nitrogen and oxygen atoms in total. The lowest BCUT2D eigenvalue weighted by molar-refractivity contribution is 0.0948. The minimum Gasteiger partial charge on any atom is -0.497 e. The number of methoxy groups -OCH3 is 3. The van der Waals surface area contributed by atoms with Crippen LogP contribution >= 0.6 is 11.3 Å². The summed E-state index contributed by atoms with van der Waals surface area (Å²) in [6, 6.07) is 5.06. The van der Waals surface area contributed by atoms with E-state index in [4.69, 9.17) is 14.2 Å². The average molecular weight is 433 g/mol. The molecule has 0 radical (unpaired) electrons. The third-order valence-corrected chi connectivity index (χ3v) is 6.29. The number of rotatable bonds is 9. The van der Waals surface area contributed by atoms with Crippen molar-refractivity contribution >= 4 is 28.2 Å². The summed E-state index contributed by atoms with van der Waals surface area (Å²) in [4.78, 5) is 27.2. The van der Waals surface area contributed by atoms with Gasteiger partial charge in [0.1, 0.15) is 16.5 Å². The largest absolute Gasteiger partial charge is 0.497 e. The Bertz CT molecular complexity index is 909. The first-order valence-electron chi connectivity index (χ1n) is 10.0. The molecule has 1 aromatic carbocycles. The third kappa shape index (κ3) is 4.94. The summed E-state index contributed by atoms with van der Waals surface area (Å²) in [7, 11) is 4.70. The highest BCUT2D eigenvalue weighted by Gasteiger charge is 2.27. The van der Waals surface area contributed by atoms with E-state index < -0.39 is 0 Å². The fraction of sp³-hybridized carbons (Fsp3) is 0.455. The molecule has 30 heavy (non-hydrogen) atoms. The van der Waals surface area contributed by atoms with Crippen LogP contribution < -0.4 is 20.1 Å². The van der Waals surface area contributed by atoms with Crippen molar-refractivity contribution in [1.82, 2.24) is 5.32 Å². The molecule has 1 aromatic heterocycles. The number of aryl methyl sites for hydroxylation is 1. The number of anilines is 1. The van der Waals surface area contributed by atoms with E-state index in [0.717, 1.165) is 37.7 Å². The van der Waals surface area contributed by atoms with Gasteiger partial charge >= 0.3 is 0 Å². The summed E-state index contributed by atoms with van der Waals surface area (Å²) in [5.41, 5.74) is 2.00. The molecular weight excluding hydrogens is 404 g/mol. The first kappa shape index (κ1) is 22.1. The molecule has 8 heteroatoms. The summed E-state index contributed by atoms with van der Waals surface area (Å²) in [5.74, 6) is 0.513. The molecular formula is C22H28N2O5S. The quantitative estimate of drug-likeness (QED) is 0.591. The second-order valence-corrected chi connectivity index (χ2v) is 8.14. The number of amides is 2. The predicted octanol–water partition coefficient (Wildman–Crippen LogP) is 3.66. The van der Waals surface area contributed by atoms with Crippen LogP contribution in [0.25, 0.3) is 0 Å². The lowest BCUT2D eigenvalue weighted by Crippen LogP contribution is -2.27. The molecule has 0 saturated heterocycles. The van der Waals surface area contributed by atoms with Crippen LogP contribution in [0.3, 0.4) is 0 Å². The van der Waals surface area contributed by atoms with E-state index in [-0.39, 0.29) is 11.8 Å². The number of benzene rings is 1. The summed E-state index contributed by atoms with van der Waals surface area (Å²) >= 11 is 1.49. The Kier molecular flexibility index (Phi) is 7.70. The maximum atomic E-state index is 13.1.